The van der Waals surface area contributed by atoms with E-state index in [0.717, 1.165) is 29.8 Å². The van der Waals surface area contributed by atoms with Crippen LogP contribution in [-0.2, 0) is 24.1 Å². The van der Waals surface area contributed by atoms with Crippen molar-refractivity contribution < 1.29 is 4.79 Å². The highest BCUT2D eigenvalue weighted by molar-refractivity contribution is 5.79. The number of fused-ring (bicyclic) bond motifs is 3. The number of hydrogen-bond donors (Lipinski definition) is 2. The van der Waals surface area contributed by atoms with Crippen LogP contribution in [0.15, 0.2) is 42.6 Å². The number of aromatic nitrogens is 3. The maximum absolute atomic E-state index is 11.1. The zero-order valence-electron chi connectivity index (χ0n) is 12.5. The average molecular weight is 304 g/mol. The van der Waals surface area contributed by atoms with E-state index in [4.69, 9.17) is 5.73 Å². The van der Waals surface area contributed by atoms with Crippen LogP contribution in [0.5, 0.6) is 0 Å². The Morgan fingerprint density at radius 3 is 2.96 bits per heavy atom. The van der Waals surface area contributed by atoms with Crippen LogP contribution >= 0.6 is 0 Å². The van der Waals surface area contributed by atoms with E-state index in [1.807, 2.05) is 18.2 Å². The van der Waals surface area contributed by atoms with Gasteiger partial charge >= 0.3 is 0 Å². The van der Waals surface area contributed by atoms with E-state index < -0.39 is 0 Å². The second-order valence-electron chi connectivity index (χ2n) is 5.76. The third-order valence-electron chi connectivity index (χ3n) is 4.24. The Morgan fingerprint density at radius 1 is 1.22 bits per heavy atom. The summed E-state index contributed by atoms with van der Waals surface area (Å²) in [5.41, 5.74) is 12.7. The Hall–Kier alpha value is -2.95. The first-order valence-corrected chi connectivity index (χ1v) is 7.61. The van der Waals surface area contributed by atoms with Gasteiger partial charge in [-0.2, -0.15) is 5.10 Å². The van der Waals surface area contributed by atoms with E-state index >= 15 is 0 Å². The molecule has 3 N–H and O–H groups in total. The van der Waals surface area contributed by atoms with Crippen LogP contribution in [0.1, 0.15) is 16.8 Å². The van der Waals surface area contributed by atoms with Gasteiger partial charge in [0.25, 0.3) is 0 Å². The number of benzene rings is 1. The number of carbonyl (C=O) groups excluding carboxylic acids is 1. The van der Waals surface area contributed by atoms with Crippen molar-refractivity contribution in [1.29, 1.82) is 0 Å². The first kappa shape index (κ1) is 13.7. The summed E-state index contributed by atoms with van der Waals surface area (Å²) in [4.78, 5) is 15.3. The number of nitrogens with two attached hydrogens (primary N) is 1. The SMILES string of the molecule is NC(=O)Cc1cc(-c2n[nH]c3c2CCc2ccccc2-3)ccn1. The van der Waals surface area contributed by atoms with Gasteiger partial charge in [0, 0.05) is 22.9 Å². The van der Waals surface area contributed by atoms with Gasteiger partial charge in [-0.3, -0.25) is 14.9 Å². The van der Waals surface area contributed by atoms with Crippen LogP contribution in [0, 0.1) is 0 Å². The number of carbonyl (C=O) groups is 1. The van der Waals surface area contributed by atoms with Crippen LogP contribution in [0.2, 0.25) is 0 Å². The third kappa shape index (κ3) is 2.40. The Bertz CT molecular complexity index is 898. The molecule has 5 nitrogen and oxygen atoms in total. The van der Waals surface area contributed by atoms with Gasteiger partial charge in [-0.25, -0.2) is 0 Å². The number of nitrogens with one attached hydrogen (secondary N) is 1. The van der Waals surface area contributed by atoms with Gasteiger partial charge in [-0.15, -0.1) is 0 Å². The molecule has 114 valence electrons. The van der Waals surface area contributed by atoms with Gasteiger partial charge in [0.15, 0.2) is 0 Å². The number of aryl methyl sites for hydroxylation is 1. The summed E-state index contributed by atoms with van der Waals surface area (Å²) in [7, 11) is 0. The lowest BCUT2D eigenvalue weighted by atomic mass is 9.88. The Kier molecular flexibility index (Phi) is 3.19. The Balaban J connectivity index is 1.78. The van der Waals surface area contributed by atoms with Crippen molar-refractivity contribution in [3.8, 4) is 22.5 Å². The second kappa shape index (κ2) is 5.35. The maximum atomic E-state index is 11.1. The molecule has 1 aliphatic carbocycles. The van der Waals surface area contributed by atoms with Crippen molar-refractivity contribution >= 4 is 5.91 Å². The number of amides is 1. The fourth-order valence-electron chi connectivity index (χ4n) is 3.21. The number of aromatic amines is 1. The molecule has 0 saturated carbocycles. The summed E-state index contributed by atoms with van der Waals surface area (Å²) >= 11 is 0. The van der Waals surface area contributed by atoms with Crippen LogP contribution in [0.4, 0.5) is 0 Å². The molecule has 5 heteroatoms. The fourth-order valence-corrected chi connectivity index (χ4v) is 3.21. The average Bonchev–Trinajstić information content (AvgIpc) is 2.99. The van der Waals surface area contributed by atoms with Gasteiger partial charge in [-0.05, 0) is 30.5 Å². The molecule has 0 radical (unpaired) electrons. The summed E-state index contributed by atoms with van der Waals surface area (Å²) in [5, 5.41) is 7.70. The molecule has 0 aliphatic heterocycles. The molecule has 0 fully saturated rings. The molecular formula is C18H16N4O. The van der Waals surface area contributed by atoms with E-state index in [2.05, 4.69) is 33.4 Å². The Labute approximate surface area is 133 Å². The number of hydrogen-bond acceptors (Lipinski definition) is 3. The largest absolute Gasteiger partial charge is 0.369 e. The summed E-state index contributed by atoms with van der Waals surface area (Å²) in [6, 6.07) is 12.2. The number of H-pyrrole nitrogens is 1. The molecule has 2 heterocycles. The van der Waals surface area contributed by atoms with Crippen molar-refractivity contribution in [1.82, 2.24) is 15.2 Å². The number of rotatable bonds is 3. The summed E-state index contributed by atoms with van der Waals surface area (Å²) < 4.78 is 0. The molecule has 0 unspecified atom stereocenters. The van der Waals surface area contributed by atoms with Crippen LogP contribution in [0.3, 0.4) is 0 Å². The molecule has 0 saturated heterocycles. The maximum Gasteiger partial charge on any atom is 0.223 e. The lowest BCUT2D eigenvalue weighted by Crippen LogP contribution is -2.14. The van der Waals surface area contributed by atoms with E-state index in [1.54, 1.807) is 6.20 Å². The van der Waals surface area contributed by atoms with Crippen molar-refractivity contribution in [2.24, 2.45) is 5.73 Å². The third-order valence-corrected chi connectivity index (χ3v) is 4.24. The summed E-state index contributed by atoms with van der Waals surface area (Å²) in [6.45, 7) is 0. The molecule has 0 spiro atoms. The predicted molar refractivity (Wildman–Crippen MR) is 87.6 cm³/mol. The van der Waals surface area contributed by atoms with Crippen LogP contribution < -0.4 is 5.73 Å². The van der Waals surface area contributed by atoms with Crippen LogP contribution in [-0.4, -0.2) is 21.1 Å². The lowest BCUT2D eigenvalue weighted by Gasteiger charge is -2.16. The van der Waals surface area contributed by atoms with Gasteiger partial charge in [0.05, 0.1) is 23.5 Å². The van der Waals surface area contributed by atoms with E-state index in [-0.39, 0.29) is 12.3 Å². The smallest absolute Gasteiger partial charge is 0.223 e. The molecule has 0 atom stereocenters. The van der Waals surface area contributed by atoms with Gasteiger partial charge in [0.2, 0.25) is 5.91 Å². The molecule has 23 heavy (non-hydrogen) atoms. The Morgan fingerprint density at radius 2 is 2.09 bits per heavy atom. The minimum absolute atomic E-state index is 0.142. The highest BCUT2D eigenvalue weighted by Crippen LogP contribution is 2.36. The monoisotopic (exact) mass is 304 g/mol. The molecule has 4 rings (SSSR count). The first-order chi connectivity index (χ1) is 11.2. The molecule has 0 bridgehead atoms. The van der Waals surface area contributed by atoms with Gasteiger partial charge in [-0.1, -0.05) is 24.3 Å². The second-order valence-corrected chi connectivity index (χ2v) is 5.76. The fraction of sp³-hybridized carbons (Fsp3) is 0.167. The molecule has 1 aliphatic rings. The number of primary amides is 1. The lowest BCUT2D eigenvalue weighted by molar-refractivity contribution is -0.117. The van der Waals surface area contributed by atoms with E-state index in [0.29, 0.717) is 5.69 Å². The minimum atomic E-state index is -0.382. The summed E-state index contributed by atoms with van der Waals surface area (Å²) in [5.74, 6) is -0.382. The first-order valence-electron chi connectivity index (χ1n) is 7.61. The van der Waals surface area contributed by atoms with Gasteiger partial charge < -0.3 is 5.73 Å². The number of pyridine rings is 1. The highest BCUT2D eigenvalue weighted by atomic mass is 16.1. The quantitative estimate of drug-likeness (QED) is 0.778. The van der Waals surface area contributed by atoms with Crippen molar-refractivity contribution in [2.45, 2.75) is 19.3 Å². The molecule has 1 aromatic carbocycles. The van der Waals surface area contributed by atoms with Crippen molar-refractivity contribution in [2.75, 3.05) is 0 Å². The van der Waals surface area contributed by atoms with E-state index in [1.165, 1.54) is 16.7 Å². The summed E-state index contributed by atoms with van der Waals surface area (Å²) in [6.07, 6.45) is 3.80. The predicted octanol–water partition coefficient (Wildman–Crippen LogP) is 2.27. The minimum Gasteiger partial charge on any atom is -0.369 e. The normalized spacial score (nSPS) is 12.5. The molecular weight excluding hydrogens is 288 g/mol. The zero-order valence-corrected chi connectivity index (χ0v) is 12.5. The van der Waals surface area contributed by atoms with Crippen molar-refractivity contribution in [3.63, 3.8) is 0 Å². The highest BCUT2D eigenvalue weighted by Gasteiger charge is 2.22. The molecule has 2 aromatic heterocycles. The van der Waals surface area contributed by atoms with Crippen molar-refractivity contribution in [3.05, 3.63) is 59.4 Å². The molecule has 1 amide bonds. The van der Waals surface area contributed by atoms with Gasteiger partial charge in [0.1, 0.15) is 0 Å². The standard InChI is InChI=1S/C18H16N4O/c19-16(23)10-13-9-12(7-8-20-13)17-15-6-5-11-3-1-2-4-14(11)18(15)22-21-17/h1-4,7-9H,5-6,10H2,(H2,19,23)(H,21,22). The topological polar surface area (TPSA) is 84.7 Å². The van der Waals surface area contributed by atoms with Crippen LogP contribution in [0.25, 0.3) is 22.5 Å². The number of nitrogens with zero attached hydrogens (tertiary/aromatic N) is 2. The van der Waals surface area contributed by atoms with E-state index in [9.17, 15) is 4.79 Å². The molecule has 3 aromatic rings. The zero-order chi connectivity index (χ0) is 15.8.